The number of nitrogens with zero attached hydrogens (tertiary/aromatic N) is 3. The first-order valence-corrected chi connectivity index (χ1v) is 8.47. The monoisotopic (exact) mass is 379 g/mol. The molecule has 3 aromatic rings. The number of nitro benzene ring substituents is 1. The number of hydrazine groups is 1. The number of amides is 1. The summed E-state index contributed by atoms with van der Waals surface area (Å²) in [7, 11) is 0. The van der Waals surface area contributed by atoms with Gasteiger partial charge in [-0.1, -0.05) is 24.3 Å². The number of non-ortho nitro benzene ring substituents is 1. The van der Waals surface area contributed by atoms with E-state index in [1.54, 1.807) is 37.3 Å². The summed E-state index contributed by atoms with van der Waals surface area (Å²) in [4.78, 5) is 39.2. The molecule has 2 aromatic carbocycles. The first-order valence-electron chi connectivity index (χ1n) is 8.47. The van der Waals surface area contributed by atoms with Gasteiger partial charge >= 0.3 is 0 Å². The quantitative estimate of drug-likeness (QED) is 0.386. The van der Waals surface area contributed by atoms with Gasteiger partial charge in [-0.05, 0) is 30.7 Å². The predicted octanol–water partition coefficient (Wildman–Crippen LogP) is 2.48. The van der Waals surface area contributed by atoms with E-state index in [1.165, 1.54) is 34.9 Å². The van der Waals surface area contributed by atoms with Gasteiger partial charge in [0.05, 0.1) is 15.8 Å². The lowest BCUT2D eigenvalue weighted by Crippen LogP contribution is -2.33. The third-order valence-electron chi connectivity index (χ3n) is 3.98. The van der Waals surface area contributed by atoms with Crippen LogP contribution in [0, 0.1) is 10.1 Å². The van der Waals surface area contributed by atoms with Gasteiger partial charge in [0, 0.05) is 24.8 Å². The standard InChI is InChI=1S/C19H17N5O4/c1-2-23-18(26)15-8-3-4-9-16(15)20-19(23)22-21-17(25)11-10-13-6-5-7-14(12-13)24(27)28/h3-12H,2H2,1H3,(H,20,22)(H,21,25)/b11-10+. The second kappa shape index (κ2) is 8.12. The molecule has 1 aromatic heterocycles. The number of nitrogens with one attached hydrogen (secondary N) is 2. The van der Waals surface area contributed by atoms with E-state index in [0.717, 1.165) is 0 Å². The molecule has 1 amide bonds. The molecular weight excluding hydrogens is 362 g/mol. The zero-order chi connectivity index (χ0) is 20.1. The minimum atomic E-state index is -0.506. The smallest absolute Gasteiger partial charge is 0.270 e. The Bertz CT molecular complexity index is 1140. The number of carbonyl (C=O) groups excluding carboxylic acids is 1. The van der Waals surface area contributed by atoms with Crippen LogP contribution >= 0.6 is 0 Å². The fourth-order valence-corrected chi connectivity index (χ4v) is 2.63. The second-order valence-corrected chi connectivity index (χ2v) is 5.80. The van der Waals surface area contributed by atoms with Gasteiger partial charge in [-0.3, -0.25) is 35.1 Å². The maximum atomic E-state index is 12.5. The minimum Gasteiger partial charge on any atom is -0.277 e. The Labute approximate surface area is 159 Å². The molecule has 3 rings (SSSR count). The number of nitro groups is 1. The van der Waals surface area contributed by atoms with E-state index >= 15 is 0 Å². The summed E-state index contributed by atoms with van der Waals surface area (Å²) >= 11 is 0. The molecule has 1 heterocycles. The van der Waals surface area contributed by atoms with E-state index in [4.69, 9.17) is 0 Å². The van der Waals surface area contributed by atoms with E-state index in [0.29, 0.717) is 23.0 Å². The number of hydrogen-bond donors (Lipinski definition) is 2. The lowest BCUT2D eigenvalue weighted by Gasteiger charge is -2.13. The Morgan fingerprint density at radius 3 is 2.79 bits per heavy atom. The van der Waals surface area contributed by atoms with Crippen molar-refractivity contribution in [1.82, 2.24) is 15.0 Å². The molecule has 2 N–H and O–H groups in total. The summed E-state index contributed by atoms with van der Waals surface area (Å²) in [6.07, 6.45) is 2.67. The maximum absolute atomic E-state index is 12.5. The number of aromatic nitrogens is 2. The number of hydrogen-bond acceptors (Lipinski definition) is 6. The van der Waals surface area contributed by atoms with E-state index in [-0.39, 0.29) is 17.2 Å². The average Bonchev–Trinajstić information content (AvgIpc) is 2.71. The Morgan fingerprint density at radius 1 is 1.25 bits per heavy atom. The minimum absolute atomic E-state index is 0.0620. The van der Waals surface area contributed by atoms with E-state index < -0.39 is 10.8 Å². The first-order chi connectivity index (χ1) is 13.5. The van der Waals surface area contributed by atoms with Crippen LogP contribution in [-0.2, 0) is 11.3 Å². The number of carbonyl (C=O) groups is 1. The number of para-hydroxylation sites is 1. The van der Waals surface area contributed by atoms with E-state index in [2.05, 4.69) is 15.8 Å². The van der Waals surface area contributed by atoms with Crippen molar-refractivity contribution >= 4 is 34.5 Å². The summed E-state index contributed by atoms with van der Waals surface area (Å²) < 4.78 is 1.41. The molecule has 142 valence electrons. The molecular formula is C19H17N5O4. The third-order valence-corrected chi connectivity index (χ3v) is 3.98. The lowest BCUT2D eigenvalue weighted by atomic mass is 10.2. The van der Waals surface area contributed by atoms with Gasteiger partial charge in [0.1, 0.15) is 0 Å². The van der Waals surface area contributed by atoms with Crippen LogP contribution in [-0.4, -0.2) is 20.4 Å². The van der Waals surface area contributed by atoms with Crippen molar-refractivity contribution in [2.75, 3.05) is 5.43 Å². The SMILES string of the molecule is CCn1c(NNC(=O)/C=C/c2cccc([N+](=O)[O-])c2)nc2ccccc2c1=O. The van der Waals surface area contributed by atoms with Gasteiger partial charge in [-0.25, -0.2) is 4.98 Å². The molecule has 28 heavy (non-hydrogen) atoms. The van der Waals surface area contributed by atoms with Crippen molar-refractivity contribution < 1.29 is 9.72 Å². The number of anilines is 1. The topological polar surface area (TPSA) is 119 Å². The fraction of sp³-hybridized carbons (Fsp3) is 0.105. The summed E-state index contributed by atoms with van der Waals surface area (Å²) in [5, 5.41) is 11.3. The summed E-state index contributed by atoms with van der Waals surface area (Å²) in [5.74, 6) is -0.292. The summed E-state index contributed by atoms with van der Waals surface area (Å²) in [6, 6.07) is 12.9. The first kappa shape index (κ1) is 18.8. The second-order valence-electron chi connectivity index (χ2n) is 5.80. The van der Waals surface area contributed by atoms with Gasteiger partial charge < -0.3 is 0 Å². The predicted molar refractivity (Wildman–Crippen MR) is 106 cm³/mol. The number of fused-ring (bicyclic) bond motifs is 1. The van der Waals surface area contributed by atoms with Gasteiger partial charge in [0.25, 0.3) is 17.2 Å². The number of benzene rings is 2. The largest absolute Gasteiger partial charge is 0.277 e. The van der Waals surface area contributed by atoms with Crippen LogP contribution in [0.15, 0.2) is 59.4 Å². The molecule has 0 bridgehead atoms. The van der Waals surface area contributed by atoms with Crippen LogP contribution in [0.3, 0.4) is 0 Å². The molecule has 0 aliphatic carbocycles. The highest BCUT2D eigenvalue weighted by molar-refractivity contribution is 5.92. The lowest BCUT2D eigenvalue weighted by molar-refractivity contribution is -0.384. The molecule has 0 saturated heterocycles. The Hall–Kier alpha value is -4.01. The van der Waals surface area contributed by atoms with Gasteiger partial charge in [-0.2, -0.15) is 0 Å². The molecule has 0 spiro atoms. The molecule has 0 saturated carbocycles. The van der Waals surface area contributed by atoms with Crippen molar-refractivity contribution in [3.05, 3.63) is 80.6 Å². The van der Waals surface area contributed by atoms with Crippen LogP contribution in [0.2, 0.25) is 0 Å². The molecule has 9 nitrogen and oxygen atoms in total. The van der Waals surface area contributed by atoms with Crippen LogP contribution in [0.5, 0.6) is 0 Å². The average molecular weight is 379 g/mol. The zero-order valence-corrected chi connectivity index (χ0v) is 15.0. The molecule has 9 heteroatoms. The van der Waals surface area contributed by atoms with Crippen molar-refractivity contribution in [2.45, 2.75) is 13.5 Å². The molecule has 0 atom stereocenters. The normalized spacial score (nSPS) is 10.9. The van der Waals surface area contributed by atoms with Gasteiger partial charge in [0.15, 0.2) is 0 Å². The fourth-order valence-electron chi connectivity index (χ4n) is 2.63. The van der Waals surface area contributed by atoms with Gasteiger partial charge in [0.2, 0.25) is 5.95 Å². The van der Waals surface area contributed by atoms with Crippen molar-refractivity contribution in [3.8, 4) is 0 Å². The molecule has 0 unspecified atom stereocenters. The van der Waals surface area contributed by atoms with E-state index in [9.17, 15) is 19.7 Å². The summed E-state index contributed by atoms with van der Waals surface area (Å²) in [5.41, 5.74) is 5.85. The highest BCUT2D eigenvalue weighted by Crippen LogP contribution is 2.14. The number of rotatable bonds is 6. The zero-order valence-electron chi connectivity index (χ0n) is 15.0. The highest BCUT2D eigenvalue weighted by Gasteiger charge is 2.10. The van der Waals surface area contributed by atoms with E-state index in [1.807, 2.05) is 0 Å². The molecule has 0 aliphatic rings. The Balaban J connectivity index is 1.75. The summed E-state index contributed by atoms with van der Waals surface area (Å²) in [6.45, 7) is 2.17. The molecule has 0 fully saturated rings. The highest BCUT2D eigenvalue weighted by atomic mass is 16.6. The Morgan fingerprint density at radius 2 is 2.04 bits per heavy atom. The third kappa shape index (κ3) is 4.04. The van der Waals surface area contributed by atoms with Crippen molar-refractivity contribution in [2.24, 2.45) is 0 Å². The van der Waals surface area contributed by atoms with Crippen LogP contribution in [0.4, 0.5) is 11.6 Å². The molecule has 0 aliphatic heterocycles. The van der Waals surface area contributed by atoms with Crippen molar-refractivity contribution in [3.63, 3.8) is 0 Å². The Kier molecular flexibility index (Phi) is 5.45. The van der Waals surface area contributed by atoms with Gasteiger partial charge in [-0.15, -0.1) is 0 Å². The van der Waals surface area contributed by atoms with Crippen LogP contribution < -0.4 is 16.4 Å². The van der Waals surface area contributed by atoms with Crippen molar-refractivity contribution in [1.29, 1.82) is 0 Å². The maximum Gasteiger partial charge on any atom is 0.270 e. The van der Waals surface area contributed by atoms with Crippen LogP contribution in [0.25, 0.3) is 17.0 Å². The molecule has 0 radical (unpaired) electrons. The van der Waals surface area contributed by atoms with Crippen LogP contribution in [0.1, 0.15) is 12.5 Å².